The number of hydrogen-bond donors (Lipinski definition) is 0. The minimum Gasteiger partial charge on any atom is -0.384 e. The molecule has 1 aliphatic heterocycles. The summed E-state index contributed by atoms with van der Waals surface area (Å²) in [5.74, 6) is 0.105. The fourth-order valence-electron chi connectivity index (χ4n) is 1.79. The first-order valence-electron chi connectivity index (χ1n) is 5.06. The van der Waals surface area contributed by atoms with Crippen molar-refractivity contribution in [1.82, 2.24) is 4.31 Å². The molecule has 84 valence electrons. The Kier molecular flexibility index (Phi) is 4.34. The van der Waals surface area contributed by atoms with Crippen molar-refractivity contribution < 1.29 is 13.2 Å². The van der Waals surface area contributed by atoms with E-state index in [4.69, 9.17) is 4.74 Å². The SMILES string of the molecule is COCCS(=O)(=O)N1CCCC[C@@H]1C. The third kappa shape index (κ3) is 2.93. The summed E-state index contributed by atoms with van der Waals surface area (Å²) in [4.78, 5) is 0. The van der Waals surface area contributed by atoms with Gasteiger partial charge in [0.2, 0.25) is 10.0 Å². The molecule has 0 aliphatic carbocycles. The first kappa shape index (κ1) is 11.9. The van der Waals surface area contributed by atoms with E-state index in [0.29, 0.717) is 6.54 Å². The summed E-state index contributed by atoms with van der Waals surface area (Å²) in [6.45, 7) is 2.93. The van der Waals surface area contributed by atoms with Crippen molar-refractivity contribution in [2.45, 2.75) is 32.2 Å². The molecule has 0 bridgehead atoms. The van der Waals surface area contributed by atoms with E-state index >= 15 is 0 Å². The molecule has 1 heterocycles. The topological polar surface area (TPSA) is 46.6 Å². The summed E-state index contributed by atoms with van der Waals surface area (Å²) in [5, 5.41) is 0. The lowest BCUT2D eigenvalue weighted by molar-refractivity contribution is 0.211. The van der Waals surface area contributed by atoms with Gasteiger partial charge in [0.05, 0.1) is 12.4 Å². The first-order chi connectivity index (χ1) is 6.58. The van der Waals surface area contributed by atoms with Crippen molar-refractivity contribution >= 4 is 10.0 Å². The van der Waals surface area contributed by atoms with Gasteiger partial charge in [-0.2, -0.15) is 4.31 Å². The zero-order chi connectivity index (χ0) is 10.6. The maximum atomic E-state index is 11.8. The van der Waals surface area contributed by atoms with Crippen LogP contribution in [0.2, 0.25) is 0 Å². The number of ether oxygens (including phenoxy) is 1. The Morgan fingerprint density at radius 1 is 1.43 bits per heavy atom. The first-order valence-corrected chi connectivity index (χ1v) is 6.67. The van der Waals surface area contributed by atoms with Gasteiger partial charge in [-0.25, -0.2) is 8.42 Å². The molecule has 1 fully saturated rings. The van der Waals surface area contributed by atoms with E-state index in [0.717, 1.165) is 19.3 Å². The minimum atomic E-state index is -3.09. The monoisotopic (exact) mass is 221 g/mol. The van der Waals surface area contributed by atoms with Crippen LogP contribution in [0, 0.1) is 0 Å². The summed E-state index contributed by atoms with van der Waals surface area (Å²) in [7, 11) is -1.56. The summed E-state index contributed by atoms with van der Waals surface area (Å²) in [6, 6.07) is 0.158. The summed E-state index contributed by atoms with van der Waals surface area (Å²) >= 11 is 0. The molecule has 0 radical (unpaired) electrons. The van der Waals surface area contributed by atoms with E-state index in [1.807, 2.05) is 6.92 Å². The second-order valence-electron chi connectivity index (χ2n) is 3.76. The molecular formula is C9H19NO3S. The van der Waals surface area contributed by atoms with Gasteiger partial charge in [0.1, 0.15) is 0 Å². The predicted octanol–water partition coefficient (Wildman–Crippen LogP) is 0.837. The van der Waals surface area contributed by atoms with Gasteiger partial charge in [-0.1, -0.05) is 6.42 Å². The van der Waals surface area contributed by atoms with Gasteiger partial charge in [-0.3, -0.25) is 0 Å². The number of nitrogens with zero attached hydrogens (tertiary/aromatic N) is 1. The molecular weight excluding hydrogens is 202 g/mol. The average molecular weight is 221 g/mol. The maximum Gasteiger partial charge on any atom is 0.216 e. The zero-order valence-corrected chi connectivity index (χ0v) is 9.72. The number of methoxy groups -OCH3 is 1. The minimum absolute atomic E-state index is 0.105. The Hall–Kier alpha value is -0.130. The Balaban J connectivity index is 2.60. The van der Waals surface area contributed by atoms with Crippen LogP contribution in [-0.4, -0.2) is 44.8 Å². The molecule has 1 saturated heterocycles. The number of hydrogen-bond acceptors (Lipinski definition) is 3. The van der Waals surface area contributed by atoms with E-state index in [-0.39, 0.29) is 18.4 Å². The van der Waals surface area contributed by atoms with E-state index in [1.165, 1.54) is 7.11 Å². The molecule has 0 aromatic rings. The van der Waals surface area contributed by atoms with Crippen molar-refractivity contribution in [2.24, 2.45) is 0 Å². The van der Waals surface area contributed by atoms with Gasteiger partial charge in [-0.05, 0) is 19.8 Å². The Bertz CT molecular complexity index is 263. The van der Waals surface area contributed by atoms with Crippen LogP contribution in [0.5, 0.6) is 0 Å². The van der Waals surface area contributed by atoms with Gasteiger partial charge in [0.15, 0.2) is 0 Å². The fourth-order valence-corrected chi connectivity index (χ4v) is 3.46. The van der Waals surface area contributed by atoms with Crippen LogP contribution < -0.4 is 0 Å². The highest BCUT2D eigenvalue weighted by atomic mass is 32.2. The molecule has 0 saturated carbocycles. The Morgan fingerprint density at radius 3 is 2.71 bits per heavy atom. The van der Waals surface area contributed by atoms with E-state index in [1.54, 1.807) is 4.31 Å². The third-order valence-corrected chi connectivity index (χ3v) is 4.58. The molecule has 0 amide bonds. The predicted molar refractivity (Wildman–Crippen MR) is 55.7 cm³/mol. The fraction of sp³-hybridized carbons (Fsp3) is 1.00. The molecule has 1 atom stereocenters. The Labute approximate surface area is 86.3 Å². The van der Waals surface area contributed by atoms with E-state index < -0.39 is 10.0 Å². The molecule has 4 nitrogen and oxygen atoms in total. The van der Waals surface area contributed by atoms with Gasteiger partial charge in [0.25, 0.3) is 0 Å². The highest BCUT2D eigenvalue weighted by Gasteiger charge is 2.28. The van der Waals surface area contributed by atoms with E-state index in [9.17, 15) is 8.42 Å². The van der Waals surface area contributed by atoms with Crippen LogP contribution in [0.3, 0.4) is 0 Å². The molecule has 14 heavy (non-hydrogen) atoms. The van der Waals surface area contributed by atoms with Gasteiger partial charge in [-0.15, -0.1) is 0 Å². The standard InChI is InChI=1S/C9H19NO3S/c1-9-5-3-4-6-10(9)14(11,12)8-7-13-2/h9H,3-8H2,1-2H3/t9-/m0/s1. The van der Waals surface area contributed by atoms with Crippen LogP contribution in [0.25, 0.3) is 0 Å². The molecule has 1 rings (SSSR count). The van der Waals surface area contributed by atoms with Crippen molar-refractivity contribution in [3.8, 4) is 0 Å². The second kappa shape index (κ2) is 5.09. The quantitative estimate of drug-likeness (QED) is 0.706. The van der Waals surface area contributed by atoms with Crippen molar-refractivity contribution in [1.29, 1.82) is 0 Å². The Morgan fingerprint density at radius 2 is 2.14 bits per heavy atom. The lowest BCUT2D eigenvalue weighted by atomic mass is 10.1. The second-order valence-corrected chi connectivity index (χ2v) is 5.81. The maximum absolute atomic E-state index is 11.8. The van der Waals surface area contributed by atoms with Crippen molar-refractivity contribution in [2.75, 3.05) is 26.0 Å². The third-order valence-electron chi connectivity index (χ3n) is 2.64. The average Bonchev–Trinajstić information content (AvgIpc) is 2.15. The zero-order valence-electron chi connectivity index (χ0n) is 8.90. The summed E-state index contributed by atoms with van der Waals surface area (Å²) in [6.07, 6.45) is 3.10. The highest BCUT2D eigenvalue weighted by molar-refractivity contribution is 7.89. The number of rotatable bonds is 4. The summed E-state index contributed by atoms with van der Waals surface area (Å²) < 4.78 is 30.0. The number of sulfonamides is 1. The largest absolute Gasteiger partial charge is 0.384 e. The van der Waals surface area contributed by atoms with Crippen LogP contribution in [0.1, 0.15) is 26.2 Å². The van der Waals surface area contributed by atoms with Crippen molar-refractivity contribution in [3.63, 3.8) is 0 Å². The van der Waals surface area contributed by atoms with Gasteiger partial charge in [0, 0.05) is 19.7 Å². The van der Waals surface area contributed by atoms with E-state index in [2.05, 4.69) is 0 Å². The van der Waals surface area contributed by atoms with Crippen LogP contribution in [-0.2, 0) is 14.8 Å². The number of piperidine rings is 1. The highest BCUT2D eigenvalue weighted by Crippen LogP contribution is 2.19. The molecule has 1 aliphatic rings. The van der Waals surface area contributed by atoms with Crippen molar-refractivity contribution in [3.05, 3.63) is 0 Å². The molecule has 0 N–H and O–H groups in total. The molecule has 0 aromatic heterocycles. The van der Waals surface area contributed by atoms with Crippen LogP contribution >= 0.6 is 0 Å². The summed E-state index contributed by atoms with van der Waals surface area (Å²) in [5.41, 5.74) is 0. The van der Waals surface area contributed by atoms with Gasteiger partial charge < -0.3 is 4.74 Å². The smallest absolute Gasteiger partial charge is 0.216 e. The molecule has 5 heteroatoms. The van der Waals surface area contributed by atoms with Crippen LogP contribution in [0.4, 0.5) is 0 Å². The molecule has 0 aromatic carbocycles. The van der Waals surface area contributed by atoms with Gasteiger partial charge >= 0.3 is 0 Å². The normalized spacial score (nSPS) is 25.1. The molecule has 0 unspecified atom stereocenters. The lowest BCUT2D eigenvalue weighted by Crippen LogP contribution is -2.43. The lowest BCUT2D eigenvalue weighted by Gasteiger charge is -2.32. The van der Waals surface area contributed by atoms with Crippen LogP contribution in [0.15, 0.2) is 0 Å². The molecule has 0 spiro atoms.